The molecule has 3 rings (SSSR count). The maximum Gasteiger partial charge on any atom is 0.314 e. The molecule has 7 heteroatoms. The second-order valence-electron chi connectivity index (χ2n) is 6.28. The van der Waals surface area contributed by atoms with E-state index in [1.165, 1.54) is 7.11 Å². The van der Waals surface area contributed by atoms with E-state index in [0.717, 1.165) is 12.8 Å². The van der Waals surface area contributed by atoms with E-state index < -0.39 is 21.2 Å². The van der Waals surface area contributed by atoms with Crippen molar-refractivity contribution in [3.63, 3.8) is 0 Å². The van der Waals surface area contributed by atoms with E-state index in [9.17, 15) is 18.3 Å². The van der Waals surface area contributed by atoms with Gasteiger partial charge in [0.15, 0.2) is 21.3 Å². The van der Waals surface area contributed by atoms with E-state index in [2.05, 4.69) is 0 Å². The first-order valence-electron chi connectivity index (χ1n) is 7.65. The van der Waals surface area contributed by atoms with Crippen LogP contribution in [0.2, 0.25) is 0 Å². The molecule has 2 fully saturated rings. The lowest BCUT2D eigenvalue weighted by Crippen LogP contribution is -2.45. The van der Waals surface area contributed by atoms with Gasteiger partial charge in [-0.3, -0.25) is 4.79 Å². The van der Waals surface area contributed by atoms with Gasteiger partial charge in [0.1, 0.15) is 6.10 Å². The number of carboxylic acid groups (broad SMARTS) is 1. The molecule has 126 valence electrons. The number of ether oxygens (including phenoxy) is 2. The summed E-state index contributed by atoms with van der Waals surface area (Å²) in [6.45, 7) is 0. The van der Waals surface area contributed by atoms with E-state index >= 15 is 0 Å². The first-order valence-corrected chi connectivity index (χ1v) is 9.47. The van der Waals surface area contributed by atoms with Gasteiger partial charge in [-0.15, -0.1) is 0 Å². The van der Waals surface area contributed by atoms with E-state index in [1.807, 2.05) is 0 Å². The van der Waals surface area contributed by atoms with E-state index in [4.69, 9.17) is 9.47 Å². The standard InChI is InChI=1S/C16H20O6S/c1-21-14-8-11(16(15(17)18)6-2-3-7-16)4-5-13(14)22-12-9-23(19,20)10-12/h4-5,8,12H,2-3,6-7,9-10H2,1H3,(H,17,18). The summed E-state index contributed by atoms with van der Waals surface area (Å²) in [7, 11) is -1.46. The summed E-state index contributed by atoms with van der Waals surface area (Å²) in [5.41, 5.74) is -0.140. The average molecular weight is 340 g/mol. The Morgan fingerprint density at radius 1 is 1.22 bits per heavy atom. The van der Waals surface area contributed by atoms with Crippen molar-refractivity contribution in [3.8, 4) is 11.5 Å². The van der Waals surface area contributed by atoms with Gasteiger partial charge in [0.2, 0.25) is 0 Å². The first kappa shape index (κ1) is 16.1. The molecule has 0 bridgehead atoms. The monoisotopic (exact) mass is 340 g/mol. The van der Waals surface area contributed by atoms with Crippen LogP contribution in [0, 0.1) is 0 Å². The molecule has 6 nitrogen and oxygen atoms in total. The van der Waals surface area contributed by atoms with Crippen molar-refractivity contribution in [3.05, 3.63) is 23.8 Å². The lowest BCUT2D eigenvalue weighted by atomic mass is 9.79. The van der Waals surface area contributed by atoms with Gasteiger partial charge in [-0.05, 0) is 30.5 Å². The normalized spacial score (nSPS) is 22.3. The zero-order valence-electron chi connectivity index (χ0n) is 12.9. The van der Waals surface area contributed by atoms with Crippen molar-refractivity contribution in [2.24, 2.45) is 0 Å². The number of carbonyl (C=O) groups is 1. The second-order valence-corrected chi connectivity index (χ2v) is 8.43. The third-order valence-corrected chi connectivity index (χ3v) is 6.52. The number of rotatable bonds is 5. The fourth-order valence-corrected chi connectivity index (χ4v) is 4.60. The predicted octanol–water partition coefficient (Wildman–Crippen LogP) is 1.77. The number of hydrogen-bond acceptors (Lipinski definition) is 5. The Labute approximate surface area is 135 Å². The predicted molar refractivity (Wildman–Crippen MR) is 83.8 cm³/mol. The SMILES string of the molecule is COc1cc(C2(C(=O)O)CCCC2)ccc1OC1CS(=O)(=O)C1. The lowest BCUT2D eigenvalue weighted by molar-refractivity contribution is -0.143. The van der Waals surface area contributed by atoms with Crippen molar-refractivity contribution in [1.82, 2.24) is 0 Å². The van der Waals surface area contributed by atoms with Crippen LogP contribution in [0.3, 0.4) is 0 Å². The number of aliphatic carboxylic acids is 1. The van der Waals surface area contributed by atoms with Crippen molar-refractivity contribution >= 4 is 15.8 Å². The molecule has 0 atom stereocenters. The topological polar surface area (TPSA) is 89.9 Å². The Bertz CT molecular complexity index is 706. The zero-order chi connectivity index (χ0) is 16.7. The fourth-order valence-electron chi connectivity index (χ4n) is 3.43. The number of carboxylic acids is 1. The lowest BCUT2D eigenvalue weighted by Gasteiger charge is -2.29. The third kappa shape index (κ3) is 2.89. The molecule has 0 radical (unpaired) electrons. The zero-order valence-corrected chi connectivity index (χ0v) is 13.8. The third-order valence-electron chi connectivity index (χ3n) is 4.76. The number of sulfone groups is 1. The molecule has 1 aromatic rings. The van der Waals surface area contributed by atoms with Gasteiger partial charge < -0.3 is 14.6 Å². The molecule has 1 saturated carbocycles. The Balaban J connectivity index is 1.86. The van der Waals surface area contributed by atoms with E-state index in [-0.39, 0.29) is 17.6 Å². The maximum atomic E-state index is 11.8. The molecule has 0 unspecified atom stereocenters. The Morgan fingerprint density at radius 3 is 2.39 bits per heavy atom. The molecule has 2 aliphatic rings. The van der Waals surface area contributed by atoms with Gasteiger partial charge in [-0.1, -0.05) is 18.9 Å². The van der Waals surface area contributed by atoms with Gasteiger partial charge in [0.05, 0.1) is 24.0 Å². The quantitative estimate of drug-likeness (QED) is 0.878. The summed E-state index contributed by atoms with van der Waals surface area (Å²) < 4.78 is 33.4. The van der Waals surface area contributed by atoms with Crippen LogP contribution in [0.25, 0.3) is 0 Å². The Kier molecular flexibility index (Phi) is 4.00. The maximum absolute atomic E-state index is 11.8. The van der Waals surface area contributed by atoms with Gasteiger partial charge in [0.25, 0.3) is 0 Å². The van der Waals surface area contributed by atoms with Crippen LogP contribution >= 0.6 is 0 Å². The van der Waals surface area contributed by atoms with Crippen LogP contribution in [0.5, 0.6) is 11.5 Å². The highest BCUT2D eigenvalue weighted by molar-refractivity contribution is 7.92. The van der Waals surface area contributed by atoms with Crippen molar-refractivity contribution < 1.29 is 27.8 Å². The average Bonchev–Trinajstić information content (AvgIpc) is 2.96. The molecular formula is C16H20O6S. The summed E-state index contributed by atoms with van der Waals surface area (Å²) in [6, 6.07) is 5.15. The molecule has 1 aromatic carbocycles. The summed E-state index contributed by atoms with van der Waals surface area (Å²) in [4.78, 5) is 11.8. The first-order chi connectivity index (χ1) is 10.9. The number of methoxy groups -OCH3 is 1. The summed E-state index contributed by atoms with van der Waals surface area (Å²) in [5.74, 6) is 0.110. The van der Waals surface area contributed by atoms with E-state index in [1.54, 1.807) is 18.2 Å². The van der Waals surface area contributed by atoms with Gasteiger partial charge in [-0.25, -0.2) is 8.42 Å². The summed E-state index contributed by atoms with van der Waals surface area (Å²) in [5, 5.41) is 9.66. The summed E-state index contributed by atoms with van der Waals surface area (Å²) in [6.07, 6.45) is 2.67. The summed E-state index contributed by atoms with van der Waals surface area (Å²) >= 11 is 0. The Morgan fingerprint density at radius 2 is 1.87 bits per heavy atom. The minimum atomic E-state index is -2.96. The smallest absolute Gasteiger partial charge is 0.314 e. The highest BCUT2D eigenvalue weighted by Gasteiger charge is 2.43. The molecule has 23 heavy (non-hydrogen) atoms. The van der Waals surface area contributed by atoms with Gasteiger partial charge >= 0.3 is 5.97 Å². The fraction of sp³-hybridized carbons (Fsp3) is 0.562. The van der Waals surface area contributed by atoms with Crippen LogP contribution in [0.4, 0.5) is 0 Å². The van der Waals surface area contributed by atoms with Gasteiger partial charge in [-0.2, -0.15) is 0 Å². The Hall–Kier alpha value is -1.76. The van der Waals surface area contributed by atoms with Crippen LogP contribution < -0.4 is 9.47 Å². The largest absolute Gasteiger partial charge is 0.493 e. The molecule has 1 saturated heterocycles. The highest BCUT2D eigenvalue weighted by atomic mass is 32.2. The second kappa shape index (κ2) is 5.70. The minimum Gasteiger partial charge on any atom is -0.493 e. The minimum absolute atomic E-state index is 0.0109. The number of benzene rings is 1. The molecule has 1 heterocycles. The highest BCUT2D eigenvalue weighted by Crippen LogP contribution is 2.44. The van der Waals surface area contributed by atoms with Crippen molar-refractivity contribution in [2.45, 2.75) is 37.2 Å². The van der Waals surface area contributed by atoms with Crippen LogP contribution in [-0.4, -0.2) is 44.2 Å². The molecule has 1 aliphatic carbocycles. The van der Waals surface area contributed by atoms with Crippen molar-refractivity contribution in [1.29, 1.82) is 0 Å². The molecular weight excluding hydrogens is 320 g/mol. The molecule has 1 N–H and O–H groups in total. The van der Waals surface area contributed by atoms with Crippen LogP contribution in [-0.2, 0) is 20.0 Å². The van der Waals surface area contributed by atoms with Crippen LogP contribution in [0.1, 0.15) is 31.2 Å². The molecule has 0 spiro atoms. The van der Waals surface area contributed by atoms with Crippen LogP contribution in [0.15, 0.2) is 18.2 Å². The van der Waals surface area contributed by atoms with Gasteiger partial charge in [0, 0.05) is 0 Å². The molecule has 0 amide bonds. The van der Waals surface area contributed by atoms with E-state index in [0.29, 0.717) is 29.9 Å². The van der Waals surface area contributed by atoms with Crippen molar-refractivity contribution in [2.75, 3.05) is 18.6 Å². The number of hydrogen-bond donors (Lipinski definition) is 1. The molecule has 0 aromatic heterocycles. The molecule has 1 aliphatic heterocycles.